The summed E-state index contributed by atoms with van der Waals surface area (Å²) in [6.45, 7) is 3.71. The molecule has 0 bridgehead atoms. The summed E-state index contributed by atoms with van der Waals surface area (Å²) in [6, 6.07) is 2.92. The maximum absolute atomic E-state index is 12.1. The number of rotatable bonds is 2. The van der Waals surface area contributed by atoms with Gasteiger partial charge in [-0.1, -0.05) is 23.2 Å². The lowest BCUT2D eigenvalue weighted by atomic mass is 10.2. The van der Waals surface area contributed by atoms with Gasteiger partial charge in [0.15, 0.2) is 0 Å². The quantitative estimate of drug-likeness (QED) is 0.867. The minimum atomic E-state index is -0.301. The molecule has 0 atom stereocenters. The number of amides is 1. The third kappa shape index (κ3) is 2.88. The highest BCUT2D eigenvalue weighted by molar-refractivity contribution is 6.33. The third-order valence-electron chi connectivity index (χ3n) is 2.77. The van der Waals surface area contributed by atoms with Crippen molar-refractivity contribution in [3.63, 3.8) is 0 Å². The number of hydrogen-bond acceptors (Lipinski definition) is 3. The van der Waals surface area contributed by atoms with Gasteiger partial charge >= 0.3 is 0 Å². The van der Waals surface area contributed by atoms with Crippen LogP contribution < -0.4 is 5.32 Å². The predicted molar refractivity (Wildman–Crippen MR) is 74.9 cm³/mol. The second-order valence-corrected chi connectivity index (χ2v) is 4.90. The Morgan fingerprint density at radius 1 is 1.26 bits per heavy atom. The van der Waals surface area contributed by atoms with E-state index in [2.05, 4.69) is 15.4 Å². The fraction of sp³-hybridized carbons (Fsp3) is 0.250. The van der Waals surface area contributed by atoms with Gasteiger partial charge in [-0.05, 0) is 26.0 Å². The van der Waals surface area contributed by atoms with E-state index in [4.69, 9.17) is 23.2 Å². The zero-order valence-electron chi connectivity index (χ0n) is 10.7. The van der Waals surface area contributed by atoms with E-state index in [-0.39, 0.29) is 16.2 Å². The summed E-state index contributed by atoms with van der Waals surface area (Å²) in [5.74, 6) is -0.301. The molecule has 100 valence electrons. The highest BCUT2D eigenvalue weighted by Gasteiger charge is 2.14. The standard InChI is InChI=1S/C12H12Cl2N4O/c1-6-11(7(2)18(3)17-6)16-12(19)8-4-9(13)15-10(14)5-8/h4-5H,1-3H3,(H,16,19). The lowest BCUT2D eigenvalue weighted by molar-refractivity contribution is 0.102. The SMILES string of the molecule is Cc1nn(C)c(C)c1NC(=O)c1cc(Cl)nc(Cl)c1. The molecule has 2 aromatic heterocycles. The number of carbonyl (C=O) groups excluding carboxylic acids is 1. The molecule has 0 spiro atoms. The van der Waals surface area contributed by atoms with Crippen molar-refractivity contribution in [2.45, 2.75) is 13.8 Å². The van der Waals surface area contributed by atoms with Crippen LogP contribution in [0.4, 0.5) is 5.69 Å². The van der Waals surface area contributed by atoms with Gasteiger partial charge in [0, 0.05) is 12.6 Å². The van der Waals surface area contributed by atoms with E-state index in [9.17, 15) is 4.79 Å². The van der Waals surface area contributed by atoms with Crippen molar-refractivity contribution < 1.29 is 4.79 Å². The Morgan fingerprint density at radius 3 is 2.32 bits per heavy atom. The summed E-state index contributed by atoms with van der Waals surface area (Å²) in [6.07, 6.45) is 0. The molecule has 5 nitrogen and oxygen atoms in total. The molecule has 0 fully saturated rings. The van der Waals surface area contributed by atoms with E-state index < -0.39 is 0 Å². The second-order valence-electron chi connectivity index (χ2n) is 4.12. The summed E-state index contributed by atoms with van der Waals surface area (Å²) >= 11 is 11.5. The van der Waals surface area contributed by atoms with Gasteiger partial charge in [0.1, 0.15) is 10.3 Å². The number of hydrogen-bond donors (Lipinski definition) is 1. The molecule has 0 aliphatic heterocycles. The highest BCUT2D eigenvalue weighted by atomic mass is 35.5. The number of anilines is 1. The molecule has 0 saturated heterocycles. The fourth-order valence-electron chi connectivity index (χ4n) is 1.74. The summed E-state index contributed by atoms with van der Waals surface area (Å²) in [5.41, 5.74) is 2.67. The van der Waals surface area contributed by atoms with Crippen molar-refractivity contribution in [3.8, 4) is 0 Å². The van der Waals surface area contributed by atoms with Crippen LogP contribution in [-0.2, 0) is 7.05 Å². The van der Waals surface area contributed by atoms with Gasteiger partial charge in [0.2, 0.25) is 0 Å². The third-order valence-corrected chi connectivity index (χ3v) is 3.16. The average Bonchev–Trinajstić information content (AvgIpc) is 2.54. The number of aryl methyl sites for hydroxylation is 2. The minimum Gasteiger partial charge on any atom is -0.319 e. The van der Waals surface area contributed by atoms with E-state index in [1.807, 2.05) is 20.9 Å². The molecule has 19 heavy (non-hydrogen) atoms. The van der Waals surface area contributed by atoms with Crippen molar-refractivity contribution in [2.75, 3.05) is 5.32 Å². The number of nitrogens with one attached hydrogen (secondary N) is 1. The van der Waals surface area contributed by atoms with Gasteiger partial charge < -0.3 is 5.32 Å². The number of aromatic nitrogens is 3. The van der Waals surface area contributed by atoms with Crippen LogP contribution in [0.1, 0.15) is 21.7 Å². The second kappa shape index (κ2) is 5.19. The maximum Gasteiger partial charge on any atom is 0.255 e. The molecule has 2 rings (SSSR count). The van der Waals surface area contributed by atoms with E-state index in [0.29, 0.717) is 11.3 Å². The molecule has 7 heteroatoms. The minimum absolute atomic E-state index is 0.178. The first kappa shape index (κ1) is 13.8. The van der Waals surface area contributed by atoms with Crippen molar-refractivity contribution >= 4 is 34.8 Å². The van der Waals surface area contributed by atoms with Crippen molar-refractivity contribution in [3.05, 3.63) is 39.4 Å². The van der Waals surface area contributed by atoms with Gasteiger partial charge in [0.05, 0.1) is 17.1 Å². The molecular weight excluding hydrogens is 287 g/mol. The van der Waals surface area contributed by atoms with Crippen LogP contribution in [0, 0.1) is 13.8 Å². The first-order valence-corrected chi connectivity index (χ1v) is 6.28. The van der Waals surface area contributed by atoms with Crippen molar-refractivity contribution in [1.82, 2.24) is 14.8 Å². The van der Waals surface area contributed by atoms with E-state index in [1.54, 1.807) is 4.68 Å². The number of nitrogens with zero attached hydrogens (tertiary/aromatic N) is 3. The smallest absolute Gasteiger partial charge is 0.255 e. The molecule has 2 heterocycles. The van der Waals surface area contributed by atoms with Gasteiger partial charge in [0.25, 0.3) is 5.91 Å². The summed E-state index contributed by atoms with van der Waals surface area (Å²) in [4.78, 5) is 15.9. The molecule has 1 N–H and O–H groups in total. The first-order valence-electron chi connectivity index (χ1n) is 5.53. The van der Waals surface area contributed by atoms with Crippen LogP contribution in [0.5, 0.6) is 0 Å². The van der Waals surface area contributed by atoms with Gasteiger partial charge in [-0.25, -0.2) is 4.98 Å². The Bertz CT molecular complexity index is 631. The topological polar surface area (TPSA) is 59.8 Å². The Balaban J connectivity index is 2.30. The van der Waals surface area contributed by atoms with Crippen LogP contribution in [-0.4, -0.2) is 20.7 Å². The first-order chi connectivity index (χ1) is 8.88. The maximum atomic E-state index is 12.1. The van der Waals surface area contributed by atoms with E-state index >= 15 is 0 Å². The van der Waals surface area contributed by atoms with E-state index in [1.165, 1.54) is 12.1 Å². The molecule has 0 aromatic carbocycles. The van der Waals surface area contributed by atoms with Crippen LogP contribution in [0.25, 0.3) is 0 Å². The molecule has 0 aliphatic carbocycles. The Hall–Kier alpha value is -1.59. The molecule has 0 aliphatic rings. The Morgan fingerprint density at radius 2 is 1.84 bits per heavy atom. The van der Waals surface area contributed by atoms with E-state index in [0.717, 1.165) is 11.4 Å². The summed E-state index contributed by atoms with van der Waals surface area (Å²) < 4.78 is 1.71. The molecule has 0 saturated carbocycles. The van der Waals surface area contributed by atoms with Crippen LogP contribution in [0.15, 0.2) is 12.1 Å². The average molecular weight is 299 g/mol. The van der Waals surface area contributed by atoms with Gasteiger partial charge in [-0.15, -0.1) is 0 Å². The normalized spacial score (nSPS) is 10.6. The zero-order valence-corrected chi connectivity index (χ0v) is 12.2. The highest BCUT2D eigenvalue weighted by Crippen LogP contribution is 2.21. The lowest BCUT2D eigenvalue weighted by Crippen LogP contribution is -2.13. The molecule has 0 unspecified atom stereocenters. The van der Waals surface area contributed by atoms with Crippen LogP contribution >= 0.6 is 23.2 Å². The molecular formula is C12H12Cl2N4O. The van der Waals surface area contributed by atoms with Gasteiger partial charge in [-0.3, -0.25) is 9.48 Å². The molecule has 0 radical (unpaired) electrons. The Labute approximate surface area is 120 Å². The predicted octanol–water partition coefficient (Wildman–Crippen LogP) is 2.99. The van der Waals surface area contributed by atoms with Crippen molar-refractivity contribution in [1.29, 1.82) is 0 Å². The van der Waals surface area contributed by atoms with Crippen LogP contribution in [0.2, 0.25) is 10.3 Å². The lowest BCUT2D eigenvalue weighted by Gasteiger charge is -2.06. The number of carbonyl (C=O) groups is 1. The van der Waals surface area contributed by atoms with Crippen LogP contribution in [0.3, 0.4) is 0 Å². The monoisotopic (exact) mass is 298 g/mol. The summed E-state index contributed by atoms with van der Waals surface area (Å²) in [7, 11) is 1.82. The molecule has 1 amide bonds. The summed E-state index contributed by atoms with van der Waals surface area (Å²) in [5, 5.41) is 7.39. The zero-order chi connectivity index (χ0) is 14.2. The number of pyridine rings is 1. The van der Waals surface area contributed by atoms with Crippen molar-refractivity contribution in [2.24, 2.45) is 7.05 Å². The molecule has 2 aromatic rings. The Kier molecular flexibility index (Phi) is 3.78. The number of halogens is 2. The fourth-order valence-corrected chi connectivity index (χ4v) is 2.20. The van der Waals surface area contributed by atoms with Gasteiger partial charge in [-0.2, -0.15) is 5.10 Å². The largest absolute Gasteiger partial charge is 0.319 e.